The van der Waals surface area contributed by atoms with Crippen molar-refractivity contribution in [1.82, 2.24) is 9.71 Å². The summed E-state index contributed by atoms with van der Waals surface area (Å²) in [5.41, 5.74) is 0.481. The number of anilines is 1. The number of aromatic nitrogens is 1. The molecule has 168 valence electrons. The molecule has 2 N–H and O–H groups in total. The van der Waals surface area contributed by atoms with Gasteiger partial charge in [0.05, 0.1) is 36.6 Å². The number of methoxy groups -OCH3 is 1. The van der Waals surface area contributed by atoms with Gasteiger partial charge in [-0.15, -0.1) is 0 Å². The Hall–Kier alpha value is -2.89. The second-order valence-electron chi connectivity index (χ2n) is 6.58. The van der Waals surface area contributed by atoms with Crippen LogP contribution in [0.5, 0.6) is 17.4 Å². The molecular formula is C20H25N3O7S. The lowest BCUT2D eigenvalue weighted by Crippen LogP contribution is -2.28. The molecule has 0 atom stereocenters. The largest absolute Gasteiger partial charge is 0.490 e. The number of nitrogens with one attached hydrogen (secondary N) is 2. The quantitative estimate of drug-likeness (QED) is 0.522. The summed E-state index contributed by atoms with van der Waals surface area (Å²) in [6, 6.07) is 7.70. The average molecular weight is 452 g/mol. The third kappa shape index (κ3) is 6.81. The zero-order valence-electron chi connectivity index (χ0n) is 17.1. The van der Waals surface area contributed by atoms with Crippen LogP contribution in [0.25, 0.3) is 0 Å². The summed E-state index contributed by atoms with van der Waals surface area (Å²) in [6.45, 7) is 1.74. The van der Waals surface area contributed by atoms with E-state index in [1.54, 1.807) is 25.3 Å². The highest BCUT2D eigenvalue weighted by Crippen LogP contribution is 2.31. The summed E-state index contributed by atoms with van der Waals surface area (Å²) in [6.07, 6.45) is 2.14. The van der Waals surface area contributed by atoms with E-state index in [0.29, 0.717) is 49.5 Å². The van der Waals surface area contributed by atoms with Crippen LogP contribution in [-0.4, -0.2) is 59.4 Å². The number of ether oxygens (including phenoxy) is 4. The smallest absolute Gasteiger partial charge is 0.240 e. The molecule has 2 heterocycles. The van der Waals surface area contributed by atoms with E-state index < -0.39 is 10.0 Å². The predicted molar refractivity (Wildman–Crippen MR) is 112 cm³/mol. The van der Waals surface area contributed by atoms with Gasteiger partial charge in [-0.25, -0.2) is 18.1 Å². The monoisotopic (exact) mass is 451 g/mol. The summed E-state index contributed by atoms with van der Waals surface area (Å²) < 4.78 is 48.7. The van der Waals surface area contributed by atoms with Crippen LogP contribution in [0.1, 0.15) is 12.8 Å². The fraction of sp³-hybridized carbons (Fsp3) is 0.400. The number of hydrogen-bond donors (Lipinski definition) is 2. The Morgan fingerprint density at radius 3 is 2.68 bits per heavy atom. The molecular weight excluding hydrogens is 426 g/mol. The normalized spacial score (nSPS) is 13.3. The summed E-state index contributed by atoms with van der Waals surface area (Å²) in [5, 5.41) is 2.66. The van der Waals surface area contributed by atoms with Crippen molar-refractivity contribution >= 4 is 21.6 Å². The molecule has 0 bridgehead atoms. The highest BCUT2D eigenvalue weighted by Gasteiger charge is 2.19. The lowest BCUT2D eigenvalue weighted by molar-refractivity contribution is -0.116. The lowest BCUT2D eigenvalue weighted by Gasteiger charge is -2.11. The van der Waals surface area contributed by atoms with Crippen molar-refractivity contribution < 1.29 is 32.2 Å². The Kier molecular flexibility index (Phi) is 8.04. The lowest BCUT2D eigenvalue weighted by atomic mass is 10.3. The second-order valence-corrected chi connectivity index (χ2v) is 8.35. The van der Waals surface area contributed by atoms with Crippen molar-refractivity contribution in [3.63, 3.8) is 0 Å². The van der Waals surface area contributed by atoms with Gasteiger partial charge < -0.3 is 24.3 Å². The third-order valence-corrected chi connectivity index (χ3v) is 5.69. The number of fused-ring (bicyclic) bond motifs is 1. The topological polar surface area (TPSA) is 125 Å². The predicted octanol–water partition coefficient (Wildman–Crippen LogP) is 1.58. The van der Waals surface area contributed by atoms with Crippen molar-refractivity contribution in [3.8, 4) is 17.4 Å². The van der Waals surface area contributed by atoms with Gasteiger partial charge in [0.1, 0.15) is 6.61 Å². The standard InChI is InChI=1S/C20H25N3O7S/c1-27-11-12-30-20-6-3-15(14-21-20)23-19(24)7-8-22-31(25,26)16-4-5-17-18(13-16)29-10-2-9-28-17/h3-6,13-14,22H,2,7-12H2,1H3,(H,23,24). The van der Waals surface area contributed by atoms with Crippen molar-refractivity contribution in [2.24, 2.45) is 0 Å². The highest BCUT2D eigenvalue weighted by atomic mass is 32.2. The SMILES string of the molecule is COCCOc1ccc(NC(=O)CCNS(=O)(=O)c2ccc3c(c2)OCCCO3)cn1. The molecule has 31 heavy (non-hydrogen) atoms. The fourth-order valence-electron chi connectivity index (χ4n) is 2.69. The molecule has 0 unspecified atom stereocenters. The van der Waals surface area contributed by atoms with Crippen LogP contribution in [0.4, 0.5) is 5.69 Å². The summed E-state index contributed by atoms with van der Waals surface area (Å²) in [4.78, 5) is 16.2. The molecule has 1 aromatic carbocycles. The van der Waals surface area contributed by atoms with Gasteiger partial charge in [-0.3, -0.25) is 4.79 Å². The van der Waals surface area contributed by atoms with E-state index in [9.17, 15) is 13.2 Å². The maximum Gasteiger partial charge on any atom is 0.240 e. The van der Waals surface area contributed by atoms with E-state index in [1.165, 1.54) is 18.3 Å². The van der Waals surface area contributed by atoms with Crippen molar-refractivity contribution in [2.45, 2.75) is 17.7 Å². The van der Waals surface area contributed by atoms with Crippen molar-refractivity contribution in [1.29, 1.82) is 0 Å². The molecule has 11 heteroatoms. The number of sulfonamides is 1. The first kappa shape index (κ1) is 22.8. The Balaban J connectivity index is 1.48. The van der Waals surface area contributed by atoms with Crippen molar-refractivity contribution in [2.75, 3.05) is 45.4 Å². The number of hydrogen-bond acceptors (Lipinski definition) is 8. The molecule has 1 aromatic heterocycles. The fourth-order valence-corrected chi connectivity index (χ4v) is 3.73. The number of carbonyl (C=O) groups excluding carboxylic acids is 1. The molecule has 0 radical (unpaired) electrons. The minimum Gasteiger partial charge on any atom is -0.490 e. The third-order valence-electron chi connectivity index (χ3n) is 4.23. The number of rotatable bonds is 10. The first-order valence-corrected chi connectivity index (χ1v) is 11.2. The summed E-state index contributed by atoms with van der Waals surface area (Å²) in [7, 11) is -2.22. The first-order chi connectivity index (χ1) is 15.0. The number of nitrogens with zero attached hydrogens (tertiary/aromatic N) is 1. The molecule has 1 aliphatic heterocycles. The van der Waals surface area contributed by atoms with Gasteiger partial charge in [-0.2, -0.15) is 0 Å². The molecule has 0 spiro atoms. The molecule has 10 nitrogen and oxygen atoms in total. The maximum atomic E-state index is 12.5. The van der Waals surface area contributed by atoms with Crippen LogP contribution in [0, 0.1) is 0 Å². The zero-order valence-corrected chi connectivity index (χ0v) is 17.9. The van der Waals surface area contributed by atoms with Gasteiger partial charge in [-0.05, 0) is 18.2 Å². The average Bonchev–Trinajstić information content (AvgIpc) is 3.00. The summed E-state index contributed by atoms with van der Waals surface area (Å²) in [5.74, 6) is 0.967. The van der Waals surface area contributed by atoms with Gasteiger partial charge >= 0.3 is 0 Å². The van der Waals surface area contributed by atoms with E-state index >= 15 is 0 Å². The van der Waals surface area contributed by atoms with E-state index in [4.69, 9.17) is 18.9 Å². The van der Waals surface area contributed by atoms with Crippen LogP contribution in [-0.2, 0) is 19.6 Å². The van der Waals surface area contributed by atoms with Crippen LogP contribution in [0.2, 0.25) is 0 Å². The zero-order chi connectivity index (χ0) is 22.1. The minimum absolute atomic E-state index is 0.0458. The van der Waals surface area contributed by atoms with Gasteiger partial charge in [0.2, 0.25) is 21.8 Å². The van der Waals surface area contributed by atoms with Gasteiger partial charge in [0, 0.05) is 38.6 Å². The Labute approximate surface area is 180 Å². The minimum atomic E-state index is -3.80. The van der Waals surface area contributed by atoms with Gasteiger partial charge in [0.15, 0.2) is 11.5 Å². The molecule has 2 aromatic rings. The van der Waals surface area contributed by atoms with Gasteiger partial charge in [0.25, 0.3) is 0 Å². The van der Waals surface area contributed by atoms with E-state index in [0.717, 1.165) is 6.42 Å². The molecule has 3 rings (SSSR count). The Bertz CT molecular complexity index is 981. The van der Waals surface area contributed by atoms with E-state index in [1.807, 2.05) is 0 Å². The van der Waals surface area contributed by atoms with Crippen LogP contribution >= 0.6 is 0 Å². The molecule has 0 aliphatic carbocycles. The number of amides is 1. The van der Waals surface area contributed by atoms with E-state index in [-0.39, 0.29) is 23.8 Å². The van der Waals surface area contributed by atoms with Crippen LogP contribution < -0.4 is 24.2 Å². The number of pyridine rings is 1. The maximum absolute atomic E-state index is 12.5. The van der Waals surface area contributed by atoms with Crippen LogP contribution in [0.15, 0.2) is 41.4 Å². The Morgan fingerprint density at radius 1 is 1.13 bits per heavy atom. The van der Waals surface area contributed by atoms with Crippen LogP contribution in [0.3, 0.4) is 0 Å². The second kappa shape index (κ2) is 10.9. The first-order valence-electron chi connectivity index (χ1n) is 9.75. The molecule has 0 fully saturated rings. The number of carbonyl (C=O) groups is 1. The van der Waals surface area contributed by atoms with Crippen molar-refractivity contribution in [3.05, 3.63) is 36.5 Å². The highest BCUT2D eigenvalue weighted by molar-refractivity contribution is 7.89. The van der Waals surface area contributed by atoms with Gasteiger partial charge in [-0.1, -0.05) is 0 Å². The number of benzene rings is 1. The molecule has 1 amide bonds. The molecule has 1 aliphatic rings. The Morgan fingerprint density at radius 2 is 1.94 bits per heavy atom. The molecule has 0 saturated carbocycles. The van der Waals surface area contributed by atoms with E-state index in [2.05, 4.69) is 15.0 Å². The summed E-state index contributed by atoms with van der Waals surface area (Å²) >= 11 is 0. The molecule has 0 saturated heterocycles.